The van der Waals surface area contributed by atoms with Crippen LogP contribution in [0.25, 0.3) is 199 Å². The van der Waals surface area contributed by atoms with Crippen molar-refractivity contribution >= 4 is 87.2 Å². The molecule has 0 atom stereocenters. The summed E-state index contributed by atoms with van der Waals surface area (Å²) in [6.07, 6.45) is 14.2. The maximum Gasteiger partial charge on any atom is 0.0547 e. The first kappa shape index (κ1) is 75.0. The number of benzene rings is 18. The number of para-hydroxylation sites is 4. The SMILES string of the molecule is c1ccc(-c2cccc(-n3c4ccccc4c4cc(-c5ccc6c7ccccc7n(-c7ccc(-c8ccc9c(c8)C8(c%10ccccc%10-9)C9CC%10CC(C9)CC8C%10)cc7)c6c5)ccc43)c2)cc1.c1ccc(-c2cccc(-n3c4ccccc4c4ccc(-c5ccc6c7ccccc7n(-c7ccc(-c8ccc9c(c8)C8(c%10ccccc%10-9)C9CC%10CC(C9)CC8C%10)cc7)c6c5)cc43)c2)cc1. The lowest BCUT2D eigenvalue weighted by atomic mass is 9.43. The van der Waals surface area contributed by atoms with Crippen LogP contribution in [0.3, 0.4) is 0 Å². The average molecular weight is 1690 g/mol. The number of rotatable bonds is 10. The van der Waals surface area contributed by atoms with Gasteiger partial charge in [0.25, 0.3) is 0 Å². The second kappa shape index (κ2) is 28.8. The molecule has 0 saturated heterocycles. The van der Waals surface area contributed by atoms with Gasteiger partial charge in [0.15, 0.2) is 0 Å². The number of nitrogens with zero attached hydrogens (tertiary/aromatic N) is 4. The molecular formula is C128H96N4. The normalized spacial score (nSPS) is 21.4. The van der Waals surface area contributed by atoms with E-state index in [1.165, 1.54) is 258 Å². The van der Waals surface area contributed by atoms with Crippen LogP contribution in [0.15, 0.2) is 413 Å². The standard InChI is InChI=1S/2C64H48N2/c1-2-11-42(12-3-1)44-13-10-14-51(36-44)66-61-20-9-6-17-55(61)57-37-45(25-30-62(57)66)47-24-29-56-54-16-5-8-19-60(54)65(63(56)39-47)50-26-21-43(22-27-50)46-23-28-53-52-15-4-7-18-58(52)64(59(53)38-46)48-32-40-31-41(34-48)35-49(64)33-40;1-2-11-42(12-3-1)44-13-10-14-51(36-44)66-61-20-9-6-17-55(61)57-30-25-47(39-63(57)66)46-24-29-56-54-16-5-8-19-60(54)65(62(56)38-46)50-26-21-43(22-27-50)45-23-28-53-52-15-4-7-18-58(52)64(59(53)37-45)48-32-40-31-41(34-48)35-49(64)33-40/h2*1-30,36-41,48-49H,31-35H2. The highest BCUT2D eigenvalue weighted by molar-refractivity contribution is 6.15. The highest BCUT2D eigenvalue weighted by atomic mass is 15.0. The van der Waals surface area contributed by atoms with Gasteiger partial charge in [-0.15, -0.1) is 0 Å². The molecule has 4 heterocycles. The van der Waals surface area contributed by atoms with Crippen LogP contribution in [0.1, 0.15) is 86.5 Å². The largest absolute Gasteiger partial charge is 0.309 e. The van der Waals surface area contributed by atoms with E-state index in [4.69, 9.17) is 0 Å². The molecule has 4 nitrogen and oxygen atoms in total. The lowest BCUT2D eigenvalue weighted by molar-refractivity contribution is -0.0399. The van der Waals surface area contributed by atoms with Crippen molar-refractivity contribution in [2.75, 3.05) is 0 Å². The van der Waals surface area contributed by atoms with Gasteiger partial charge in [-0.2, -0.15) is 0 Å². The zero-order valence-corrected chi connectivity index (χ0v) is 73.7. The first-order valence-electron chi connectivity index (χ1n) is 48.5. The van der Waals surface area contributed by atoms with E-state index >= 15 is 0 Å². The first-order chi connectivity index (χ1) is 65.3. The van der Waals surface area contributed by atoms with Gasteiger partial charge in [0.05, 0.1) is 44.1 Å². The third kappa shape index (κ3) is 11.0. The van der Waals surface area contributed by atoms with Gasteiger partial charge in [0.2, 0.25) is 0 Å². The van der Waals surface area contributed by atoms with Crippen LogP contribution in [0.4, 0.5) is 0 Å². The molecule has 628 valence electrons. The Hall–Kier alpha value is -14.8. The lowest BCUT2D eigenvalue weighted by Gasteiger charge is -2.61. The van der Waals surface area contributed by atoms with Crippen molar-refractivity contribution in [2.24, 2.45) is 47.3 Å². The molecule has 10 aliphatic rings. The minimum atomic E-state index is 0.171. The van der Waals surface area contributed by atoms with E-state index in [1.54, 1.807) is 22.3 Å². The molecule has 0 radical (unpaired) electrons. The second-order valence-electron chi connectivity index (χ2n) is 40.2. The molecule has 2 spiro atoms. The van der Waals surface area contributed by atoms with Crippen LogP contribution in [0.5, 0.6) is 0 Å². The van der Waals surface area contributed by atoms with E-state index < -0.39 is 0 Å². The smallest absolute Gasteiger partial charge is 0.0547 e. The maximum atomic E-state index is 2.62. The summed E-state index contributed by atoms with van der Waals surface area (Å²) in [4.78, 5) is 0. The van der Waals surface area contributed by atoms with Gasteiger partial charge in [-0.05, 0) is 338 Å². The van der Waals surface area contributed by atoms with Gasteiger partial charge in [0, 0.05) is 76.7 Å². The van der Waals surface area contributed by atoms with E-state index in [1.807, 2.05) is 0 Å². The third-order valence-corrected chi connectivity index (χ3v) is 33.8. The van der Waals surface area contributed by atoms with Crippen molar-refractivity contribution in [3.8, 4) is 112 Å². The Kier molecular flexibility index (Phi) is 16.4. The molecule has 0 unspecified atom stereocenters. The van der Waals surface area contributed by atoms with Gasteiger partial charge < -0.3 is 18.3 Å². The molecule has 32 rings (SSSR count). The molecule has 22 aromatic rings. The molecule has 0 amide bonds. The van der Waals surface area contributed by atoms with Gasteiger partial charge in [-0.25, -0.2) is 0 Å². The van der Waals surface area contributed by atoms with Gasteiger partial charge in [-0.1, -0.05) is 297 Å². The Morgan fingerprint density at radius 3 is 0.818 bits per heavy atom. The summed E-state index contributed by atoms with van der Waals surface area (Å²) in [5, 5.41) is 10.1. The number of fused-ring (bicyclic) bond motifs is 18. The summed E-state index contributed by atoms with van der Waals surface area (Å²) >= 11 is 0. The van der Waals surface area contributed by atoms with Gasteiger partial charge >= 0.3 is 0 Å². The van der Waals surface area contributed by atoms with Crippen LogP contribution in [-0.2, 0) is 10.8 Å². The zero-order valence-electron chi connectivity index (χ0n) is 73.7. The Morgan fingerprint density at radius 2 is 0.417 bits per heavy atom. The predicted molar refractivity (Wildman–Crippen MR) is 549 cm³/mol. The van der Waals surface area contributed by atoms with E-state index in [0.717, 1.165) is 53.0 Å². The Balaban J connectivity index is 0.000000129. The Labute approximate surface area is 769 Å². The number of aromatic nitrogens is 4. The fourth-order valence-electron chi connectivity index (χ4n) is 28.9. The molecule has 18 aromatic carbocycles. The minimum Gasteiger partial charge on any atom is -0.309 e. The van der Waals surface area contributed by atoms with E-state index in [-0.39, 0.29) is 10.8 Å². The summed E-state index contributed by atoms with van der Waals surface area (Å²) in [7, 11) is 0. The van der Waals surface area contributed by atoms with Crippen molar-refractivity contribution in [1.82, 2.24) is 18.3 Å². The average Bonchev–Trinajstić information content (AvgIpc) is 1.52. The molecule has 8 fully saturated rings. The maximum absolute atomic E-state index is 2.62. The van der Waals surface area contributed by atoms with Crippen LogP contribution < -0.4 is 0 Å². The lowest BCUT2D eigenvalue weighted by Crippen LogP contribution is -2.55. The monoisotopic (exact) mass is 1690 g/mol. The van der Waals surface area contributed by atoms with E-state index in [2.05, 4.69) is 431 Å². The summed E-state index contributed by atoms with van der Waals surface area (Å²) in [5.41, 5.74) is 42.2. The Morgan fingerprint density at radius 1 is 0.152 bits per heavy atom. The van der Waals surface area contributed by atoms with Crippen molar-refractivity contribution < 1.29 is 0 Å². The zero-order chi connectivity index (χ0) is 86.2. The molecule has 132 heavy (non-hydrogen) atoms. The predicted octanol–water partition coefficient (Wildman–Crippen LogP) is 33.2. The topological polar surface area (TPSA) is 19.7 Å². The second-order valence-corrected chi connectivity index (χ2v) is 40.2. The summed E-state index contributed by atoms with van der Waals surface area (Å²) in [5.74, 6) is 6.80. The molecular weight excluding hydrogens is 1590 g/mol. The van der Waals surface area contributed by atoms with Gasteiger partial charge in [0.1, 0.15) is 0 Å². The fraction of sp³-hybridized carbons (Fsp3) is 0.156. The van der Waals surface area contributed by atoms with E-state index in [0.29, 0.717) is 0 Å². The summed E-state index contributed by atoms with van der Waals surface area (Å²) in [6, 6.07) is 156. The van der Waals surface area contributed by atoms with Crippen molar-refractivity contribution in [3.63, 3.8) is 0 Å². The van der Waals surface area contributed by atoms with Crippen LogP contribution in [-0.4, -0.2) is 18.3 Å². The third-order valence-electron chi connectivity index (χ3n) is 33.8. The minimum absolute atomic E-state index is 0.171. The molecule has 8 saturated carbocycles. The molecule has 10 aliphatic carbocycles. The molecule has 8 bridgehead atoms. The van der Waals surface area contributed by atoms with Gasteiger partial charge in [-0.3, -0.25) is 0 Å². The summed E-state index contributed by atoms with van der Waals surface area (Å²) < 4.78 is 9.82. The fourth-order valence-corrected chi connectivity index (χ4v) is 28.9. The van der Waals surface area contributed by atoms with Crippen molar-refractivity contribution in [1.29, 1.82) is 0 Å². The van der Waals surface area contributed by atoms with Crippen LogP contribution >= 0.6 is 0 Å². The highest BCUT2D eigenvalue weighted by Crippen LogP contribution is 2.72. The summed E-state index contributed by atoms with van der Waals surface area (Å²) in [6.45, 7) is 0. The quantitative estimate of drug-likeness (QED) is 0.130. The van der Waals surface area contributed by atoms with Crippen LogP contribution in [0.2, 0.25) is 0 Å². The molecule has 0 aliphatic heterocycles. The molecule has 4 aromatic heterocycles. The Bertz CT molecular complexity index is 8470. The van der Waals surface area contributed by atoms with E-state index in [9.17, 15) is 0 Å². The number of hydrogen-bond acceptors (Lipinski definition) is 0. The number of hydrogen-bond donors (Lipinski definition) is 0. The first-order valence-corrected chi connectivity index (χ1v) is 48.5. The highest BCUT2D eigenvalue weighted by Gasteiger charge is 2.63. The molecule has 0 N–H and O–H groups in total. The van der Waals surface area contributed by atoms with Crippen LogP contribution in [0, 0.1) is 47.3 Å². The molecule has 4 heteroatoms. The van der Waals surface area contributed by atoms with Crippen molar-refractivity contribution in [3.05, 3.63) is 435 Å². The van der Waals surface area contributed by atoms with Crippen molar-refractivity contribution in [2.45, 2.75) is 75.0 Å².